The van der Waals surface area contributed by atoms with Gasteiger partial charge in [0, 0.05) is 23.0 Å². The van der Waals surface area contributed by atoms with Gasteiger partial charge in [-0.1, -0.05) is 15.9 Å². The molecule has 0 aliphatic carbocycles. The molecule has 0 aliphatic rings. The average molecular weight is 300 g/mol. The van der Waals surface area contributed by atoms with E-state index < -0.39 is 5.97 Å². The zero-order valence-corrected chi connectivity index (χ0v) is 11.1. The topological polar surface area (TPSA) is 66.4 Å². The molecule has 17 heavy (non-hydrogen) atoms. The second-order valence-electron chi connectivity index (χ2n) is 3.75. The summed E-state index contributed by atoms with van der Waals surface area (Å²) in [5.74, 6) is -1.03. The van der Waals surface area contributed by atoms with E-state index in [0.717, 1.165) is 15.7 Å². The molecule has 4 nitrogen and oxygen atoms in total. The van der Waals surface area contributed by atoms with Gasteiger partial charge < -0.3 is 10.4 Å². The number of rotatable bonds is 5. The predicted molar refractivity (Wildman–Crippen MR) is 69.0 cm³/mol. The molecule has 1 aromatic carbocycles. The number of carbonyl (C=O) groups excluding carboxylic acids is 1. The van der Waals surface area contributed by atoms with E-state index >= 15 is 0 Å². The molecular formula is C12H14BrNO3. The van der Waals surface area contributed by atoms with Gasteiger partial charge in [-0.05, 0) is 37.1 Å². The molecule has 0 saturated carbocycles. The Morgan fingerprint density at radius 2 is 2.06 bits per heavy atom. The lowest BCUT2D eigenvalue weighted by Crippen LogP contribution is -2.12. The number of carboxylic acid groups (broad SMARTS) is 1. The van der Waals surface area contributed by atoms with Crippen LogP contribution in [0.3, 0.4) is 0 Å². The molecule has 0 spiro atoms. The van der Waals surface area contributed by atoms with Crippen molar-refractivity contribution in [2.24, 2.45) is 0 Å². The molecule has 1 rings (SSSR count). The van der Waals surface area contributed by atoms with E-state index in [1.807, 2.05) is 25.1 Å². The Kier molecular flexibility index (Phi) is 5.15. The Labute approximate surface area is 108 Å². The standard InChI is InChI=1S/C12H14BrNO3/c1-8-7-9(13)5-6-10(8)14-11(15)3-2-4-12(16)17/h5-7H,2-4H2,1H3,(H,14,15)(H,16,17). The normalized spacial score (nSPS) is 10.0. The molecule has 1 aromatic rings. The van der Waals surface area contributed by atoms with Gasteiger partial charge in [0.1, 0.15) is 0 Å². The third-order valence-electron chi connectivity index (χ3n) is 2.26. The average Bonchev–Trinajstić information content (AvgIpc) is 2.21. The molecule has 92 valence electrons. The van der Waals surface area contributed by atoms with Crippen molar-refractivity contribution in [3.05, 3.63) is 28.2 Å². The highest BCUT2D eigenvalue weighted by Crippen LogP contribution is 2.20. The molecule has 0 unspecified atom stereocenters. The van der Waals surface area contributed by atoms with Gasteiger partial charge in [-0.25, -0.2) is 0 Å². The number of carboxylic acids is 1. The number of nitrogens with one attached hydrogen (secondary N) is 1. The minimum absolute atomic E-state index is 0.0206. The van der Waals surface area contributed by atoms with E-state index in [9.17, 15) is 9.59 Å². The van der Waals surface area contributed by atoms with Gasteiger partial charge in [0.25, 0.3) is 0 Å². The monoisotopic (exact) mass is 299 g/mol. The fourth-order valence-corrected chi connectivity index (χ4v) is 1.86. The van der Waals surface area contributed by atoms with Crippen LogP contribution in [0.4, 0.5) is 5.69 Å². The lowest BCUT2D eigenvalue weighted by atomic mass is 10.2. The van der Waals surface area contributed by atoms with Gasteiger partial charge in [-0.15, -0.1) is 0 Å². The summed E-state index contributed by atoms with van der Waals surface area (Å²) in [6.45, 7) is 1.90. The van der Waals surface area contributed by atoms with Crippen LogP contribution < -0.4 is 5.32 Å². The number of benzene rings is 1. The summed E-state index contributed by atoms with van der Waals surface area (Å²) in [5, 5.41) is 11.2. The third-order valence-corrected chi connectivity index (χ3v) is 2.75. The van der Waals surface area contributed by atoms with Gasteiger partial charge in [-0.3, -0.25) is 9.59 Å². The number of carbonyl (C=O) groups is 2. The summed E-state index contributed by atoms with van der Waals surface area (Å²) in [6.07, 6.45) is 0.602. The van der Waals surface area contributed by atoms with Crippen LogP contribution in [0, 0.1) is 6.92 Å². The van der Waals surface area contributed by atoms with E-state index in [2.05, 4.69) is 21.2 Å². The SMILES string of the molecule is Cc1cc(Br)ccc1NC(=O)CCCC(=O)O. The van der Waals surface area contributed by atoms with Crippen molar-refractivity contribution in [1.29, 1.82) is 0 Å². The highest BCUT2D eigenvalue weighted by atomic mass is 79.9. The first-order valence-corrected chi connectivity index (χ1v) is 6.06. The Balaban J connectivity index is 2.48. The zero-order valence-electron chi connectivity index (χ0n) is 9.50. The predicted octanol–water partition coefficient (Wildman–Crippen LogP) is 2.95. The van der Waals surface area contributed by atoms with Gasteiger partial charge in [0.2, 0.25) is 5.91 Å². The molecule has 0 radical (unpaired) electrons. The van der Waals surface area contributed by atoms with Crippen molar-refractivity contribution in [3.8, 4) is 0 Å². The van der Waals surface area contributed by atoms with Gasteiger partial charge >= 0.3 is 5.97 Å². The lowest BCUT2D eigenvalue weighted by molar-refractivity contribution is -0.137. The van der Waals surface area contributed by atoms with Crippen LogP contribution >= 0.6 is 15.9 Å². The minimum atomic E-state index is -0.877. The van der Waals surface area contributed by atoms with E-state index in [1.54, 1.807) is 0 Å². The highest BCUT2D eigenvalue weighted by Gasteiger charge is 2.06. The van der Waals surface area contributed by atoms with Crippen LogP contribution in [0.1, 0.15) is 24.8 Å². The van der Waals surface area contributed by atoms with E-state index in [1.165, 1.54) is 0 Å². The number of amides is 1. The Morgan fingerprint density at radius 1 is 1.35 bits per heavy atom. The van der Waals surface area contributed by atoms with Crippen LogP contribution in [0.25, 0.3) is 0 Å². The van der Waals surface area contributed by atoms with Crippen LogP contribution in [-0.4, -0.2) is 17.0 Å². The fourth-order valence-electron chi connectivity index (χ4n) is 1.38. The van der Waals surface area contributed by atoms with Gasteiger partial charge in [-0.2, -0.15) is 0 Å². The number of anilines is 1. The number of hydrogen-bond acceptors (Lipinski definition) is 2. The molecule has 1 amide bonds. The van der Waals surface area contributed by atoms with Crippen LogP contribution in [0.15, 0.2) is 22.7 Å². The van der Waals surface area contributed by atoms with Crippen molar-refractivity contribution in [2.45, 2.75) is 26.2 Å². The molecule has 2 N–H and O–H groups in total. The van der Waals surface area contributed by atoms with Crippen LogP contribution in [-0.2, 0) is 9.59 Å². The highest BCUT2D eigenvalue weighted by molar-refractivity contribution is 9.10. The summed E-state index contributed by atoms with van der Waals surface area (Å²) in [6, 6.07) is 5.57. The number of aryl methyl sites for hydroxylation is 1. The summed E-state index contributed by atoms with van der Waals surface area (Å²) in [7, 11) is 0. The Hall–Kier alpha value is -1.36. The summed E-state index contributed by atoms with van der Waals surface area (Å²) < 4.78 is 0.957. The molecular weight excluding hydrogens is 286 g/mol. The first-order chi connectivity index (χ1) is 7.99. The third kappa shape index (κ3) is 4.99. The first kappa shape index (κ1) is 13.7. The Morgan fingerprint density at radius 3 is 2.65 bits per heavy atom. The number of hydrogen-bond donors (Lipinski definition) is 2. The largest absolute Gasteiger partial charge is 0.481 e. The molecule has 5 heteroatoms. The summed E-state index contributed by atoms with van der Waals surface area (Å²) in [4.78, 5) is 21.8. The van der Waals surface area contributed by atoms with E-state index in [-0.39, 0.29) is 18.7 Å². The minimum Gasteiger partial charge on any atom is -0.481 e. The van der Waals surface area contributed by atoms with Gasteiger partial charge in [0.15, 0.2) is 0 Å². The quantitative estimate of drug-likeness (QED) is 0.878. The molecule has 0 heterocycles. The van der Waals surface area contributed by atoms with Gasteiger partial charge in [0.05, 0.1) is 0 Å². The van der Waals surface area contributed by atoms with Crippen LogP contribution in [0.2, 0.25) is 0 Å². The first-order valence-electron chi connectivity index (χ1n) is 5.27. The second kappa shape index (κ2) is 6.39. The zero-order chi connectivity index (χ0) is 12.8. The molecule has 0 aliphatic heterocycles. The number of aliphatic carboxylic acids is 1. The lowest BCUT2D eigenvalue weighted by Gasteiger charge is -2.08. The smallest absolute Gasteiger partial charge is 0.303 e. The van der Waals surface area contributed by atoms with E-state index in [4.69, 9.17) is 5.11 Å². The maximum atomic E-state index is 11.5. The maximum Gasteiger partial charge on any atom is 0.303 e. The fraction of sp³-hybridized carbons (Fsp3) is 0.333. The molecule has 0 bridgehead atoms. The van der Waals surface area contributed by atoms with E-state index in [0.29, 0.717) is 6.42 Å². The molecule has 0 saturated heterocycles. The number of halogens is 1. The second-order valence-corrected chi connectivity index (χ2v) is 4.67. The summed E-state index contributed by atoms with van der Waals surface area (Å²) in [5.41, 5.74) is 1.72. The van der Waals surface area contributed by atoms with Crippen molar-refractivity contribution >= 4 is 33.5 Å². The van der Waals surface area contributed by atoms with Crippen molar-refractivity contribution in [1.82, 2.24) is 0 Å². The van der Waals surface area contributed by atoms with Crippen molar-refractivity contribution < 1.29 is 14.7 Å². The maximum absolute atomic E-state index is 11.5. The van der Waals surface area contributed by atoms with Crippen LogP contribution in [0.5, 0.6) is 0 Å². The summed E-state index contributed by atoms with van der Waals surface area (Å²) >= 11 is 3.34. The molecule has 0 fully saturated rings. The Bertz CT molecular complexity index is 432. The molecule has 0 aromatic heterocycles. The molecule has 0 atom stereocenters. The van der Waals surface area contributed by atoms with Crippen molar-refractivity contribution in [3.63, 3.8) is 0 Å². The van der Waals surface area contributed by atoms with Crippen molar-refractivity contribution in [2.75, 3.05) is 5.32 Å².